The van der Waals surface area contributed by atoms with Crippen molar-refractivity contribution in [3.63, 3.8) is 0 Å². The molecule has 0 spiro atoms. The third-order valence-corrected chi connectivity index (χ3v) is 13.3. The Morgan fingerprint density at radius 2 is 1.44 bits per heavy atom. The molecule has 5 rings (SSSR count). The first kappa shape index (κ1) is 24.9. The Bertz CT molecular complexity index is 897. The number of carbonyl (C=O) groups excluding carboxylic acids is 1. The number of rotatable bonds is 1. The minimum absolute atomic E-state index is 0.0250. The highest BCUT2D eigenvalue weighted by Gasteiger charge is 2.69. The zero-order valence-corrected chi connectivity index (χ0v) is 23.8. The molecule has 2 nitrogen and oxygen atoms in total. The van der Waals surface area contributed by atoms with Gasteiger partial charge >= 0.3 is 5.97 Å². The highest BCUT2D eigenvalue weighted by Crippen LogP contribution is 2.77. The van der Waals surface area contributed by atoms with Crippen LogP contribution in [0.25, 0.3) is 0 Å². The van der Waals surface area contributed by atoms with E-state index in [4.69, 9.17) is 4.74 Å². The summed E-state index contributed by atoms with van der Waals surface area (Å²) < 4.78 is 5.86. The van der Waals surface area contributed by atoms with Crippen molar-refractivity contribution < 1.29 is 9.53 Å². The van der Waals surface area contributed by atoms with Gasteiger partial charge in [-0.1, -0.05) is 67.0 Å². The monoisotopic (exact) mass is 468 g/mol. The third-order valence-electron chi connectivity index (χ3n) is 13.3. The zero-order valence-electron chi connectivity index (χ0n) is 23.8. The summed E-state index contributed by atoms with van der Waals surface area (Å²) >= 11 is 0. The molecule has 0 aromatic rings. The van der Waals surface area contributed by atoms with Gasteiger partial charge in [0.15, 0.2) is 0 Å². The molecule has 2 heteroatoms. The van der Waals surface area contributed by atoms with Crippen LogP contribution in [0.1, 0.15) is 127 Å². The molecular weight excluding hydrogens is 416 g/mol. The normalized spacial score (nSPS) is 51.1. The minimum atomic E-state index is -0.126. The topological polar surface area (TPSA) is 26.3 Å². The van der Waals surface area contributed by atoms with Crippen LogP contribution >= 0.6 is 0 Å². The summed E-state index contributed by atoms with van der Waals surface area (Å²) in [6.45, 7) is 22.1. The van der Waals surface area contributed by atoms with E-state index in [9.17, 15) is 4.79 Å². The van der Waals surface area contributed by atoms with Crippen molar-refractivity contribution in [2.45, 2.75) is 133 Å². The highest BCUT2D eigenvalue weighted by molar-refractivity contribution is 5.66. The maximum atomic E-state index is 11.8. The number of carbonyl (C=O) groups is 1. The van der Waals surface area contributed by atoms with Crippen molar-refractivity contribution >= 4 is 5.97 Å². The van der Waals surface area contributed by atoms with Crippen molar-refractivity contribution in [1.82, 2.24) is 0 Å². The Morgan fingerprint density at radius 3 is 2.12 bits per heavy atom. The molecule has 0 N–H and O–H groups in total. The summed E-state index contributed by atoms with van der Waals surface area (Å²) in [5.41, 5.74) is 3.81. The Kier molecular flexibility index (Phi) is 5.40. The first-order valence-electron chi connectivity index (χ1n) is 14.5. The van der Waals surface area contributed by atoms with Gasteiger partial charge in [-0.2, -0.15) is 0 Å². The molecule has 0 amide bonds. The number of hydrogen-bond donors (Lipinski definition) is 0. The molecule has 0 aromatic carbocycles. The van der Waals surface area contributed by atoms with Crippen molar-refractivity contribution in [3.8, 4) is 0 Å². The van der Waals surface area contributed by atoms with Crippen molar-refractivity contribution in [2.75, 3.05) is 0 Å². The van der Waals surface area contributed by atoms with Crippen LogP contribution in [-0.4, -0.2) is 12.1 Å². The second-order valence-corrected chi connectivity index (χ2v) is 15.8. The van der Waals surface area contributed by atoms with E-state index in [2.05, 4.69) is 61.5 Å². The molecule has 0 heterocycles. The van der Waals surface area contributed by atoms with Gasteiger partial charge in [-0.3, -0.25) is 4.79 Å². The second-order valence-electron chi connectivity index (χ2n) is 15.8. The van der Waals surface area contributed by atoms with Crippen LogP contribution in [0.3, 0.4) is 0 Å². The van der Waals surface area contributed by atoms with Gasteiger partial charge in [0.2, 0.25) is 0 Å². The molecule has 4 saturated carbocycles. The molecule has 0 aliphatic heterocycles. The van der Waals surface area contributed by atoms with Gasteiger partial charge < -0.3 is 4.74 Å². The summed E-state index contributed by atoms with van der Waals surface area (Å²) in [5, 5.41) is 0. The molecule has 0 radical (unpaired) electrons. The van der Waals surface area contributed by atoms with E-state index in [1.165, 1.54) is 57.8 Å². The lowest BCUT2D eigenvalue weighted by atomic mass is 9.31. The maximum absolute atomic E-state index is 11.8. The molecule has 5 aliphatic carbocycles. The fourth-order valence-corrected chi connectivity index (χ4v) is 10.8. The molecule has 0 unspecified atom stereocenters. The lowest BCUT2D eigenvalue weighted by Gasteiger charge is -2.73. The van der Waals surface area contributed by atoms with Gasteiger partial charge in [0.05, 0.1) is 0 Å². The Morgan fingerprint density at radius 1 is 0.824 bits per heavy atom. The van der Waals surface area contributed by atoms with E-state index in [0.717, 1.165) is 18.3 Å². The van der Waals surface area contributed by atoms with Crippen LogP contribution in [0.5, 0.6) is 0 Å². The van der Waals surface area contributed by atoms with E-state index < -0.39 is 0 Å². The van der Waals surface area contributed by atoms with Crippen molar-refractivity contribution in [1.29, 1.82) is 0 Å². The number of fused-ring (bicyclic) bond motifs is 7. The first-order chi connectivity index (χ1) is 15.6. The summed E-state index contributed by atoms with van der Waals surface area (Å²) in [6.07, 6.45) is 15.9. The number of esters is 1. The summed E-state index contributed by atoms with van der Waals surface area (Å²) in [4.78, 5) is 11.8. The predicted molar refractivity (Wildman–Crippen MR) is 140 cm³/mol. The molecule has 8 atom stereocenters. The Labute approximate surface area is 210 Å². The second kappa shape index (κ2) is 7.38. The Balaban J connectivity index is 1.52. The van der Waals surface area contributed by atoms with Crippen molar-refractivity contribution in [2.24, 2.45) is 50.2 Å². The zero-order chi connectivity index (χ0) is 24.9. The molecular formula is C32H52O2. The Hall–Kier alpha value is -0.790. The predicted octanol–water partition coefficient (Wildman–Crippen LogP) is 8.74. The quantitative estimate of drug-likeness (QED) is 0.284. The first-order valence-corrected chi connectivity index (χ1v) is 14.5. The largest absolute Gasteiger partial charge is 0.462 e. The highest BCUT2D eigenvalue weighted by atomic mass is 16.5. The summed E-state index contributed by atoms with van der Waals surface area (Å²) in [5.74, 6) is 2.14. The minimum Gasteiger partial charge on any atom is -0.462 e. The molecule has 34 heavy (non-hydrogen) atoms. The smallest absolute Gasteiger partial charge is 0.302 e. The van der Waals surface area contributed by atoms with Crippen LogP contribution in [0.15, 0.2) is 11.6 Å². The van der Waals surface area contributed by atoms with E-state index >= 15 is 0 Å². The van der Waals surface area contributed by atoms with Gasteiger partial charge in [0, 0.05) is 12.3 Å². The lowest BCUT2D eigenvalue weighted by Crippen LogP contribution is -2.65. The fourth-order valence-electron chi connectivity index (χ4n) is 10.8. The van der Waals surface area contributed by atoms with Crippen LogP contribution in [-0.2, 0) is 9.53 Å². The average Bonchev–Trinajstić information content (AvgIpc) is 2.73. The molecule has 192 valence electrons. The van der Waals surface area contributed by atoms with E-state index in [-0.39, 0.29) is 17.5 Å². The van der Waals surface area contributed by atoms with Gasteiger partial charge in [-0.25, -0.2) is 0 Å². The van der Waals surface area contributed by atoms with Gasteiger partial charge in [0.25, 0.3) is 0 Å². The molecule has 5 aliphatic rings. The summed E-state index contributed by atoms with van der Waals surface area (Å²) in [6, 6.07) is 0. The number of ether oxygens (including phenoxy) is 1. The fraction of sp³-hybridized carbons (Fsp3) is 0.906. The number of hydrogen-bond acceptors (Lipinski definition) is 2. The molecule has 0 saturated heterocycles. The van der Waals surface area contributed by atoms with Crippen LogP contribution < -0.4 is 0 Å². The lowest BCUT2D eigenvalue weighted by molar-refractivity contribution is -0.231. The third kappa shape index (κ3) is 3.21. The van der Waals surface area contributed by atoms with Crippen LogP contribution in [0.4, 0.5) is 0 Å². The van der Waals surface area contributed by atoms with Crippen LogP contribution in [0.2, 0.25) is 0 Å². The van der Waals surface area contributed by atoms with Gasteiger partial charge in [0.1, 0.15) is 6.10 Å². The van der Waals surface area contributed by atoms with E-state index in [1.54, 1.807) is 12.5 Å². The number of allylic oxidation sites excluding steroid dienone is 1. The molecule has 4 fully saturated rings. The van der Waals surface area contributed by atoms with E-state index in [1.807, 2.05) is 0 Å². The van der Waals surface area contributed by atoms with E-state index in [0.29, 0.717) is 33.0 Å². The molecule has 0 aromatic heterocycles. The van der Waals surface area contributed by atoms with Crippen LogP contribution in [0, 0.1) is 50.2 Å². The SMILES string of the molecule is CC(=O)O[C@@H]1CC[C@H]2C(=CC[C@@H]3[C@@]2(C)CC[C@@]2(C)[C@H]4CC(C)(C)CC[C@]4(C)CC[C@]32C)C1(C)C. The summed E-state index contributed by atoms with van der Waals surface area (Å²) in [7, 11) is 0. The maximum Gasteiger partial charge on any atom is 0.302 e. The standard InChI is InChI=1S/C32H52O2/c1-21(33)34-26-13-11-23-22(28(26,4)5)10-12-24-30(23,7)17-19-32(9)25-20-27(2,3)14-15-29(25,6)16-18-31(24,32)8/h10,23-26H,11-20H2,1-9H3/t23-,24+,25-,26+,29+,30-,31+,32-/m0/s1. The average molecular weight is 469 g/mol. The van der Waals surface area contributed by atoms with Gasteiger partial charge in [-0.05, 0) is 109 Å². The van der Waals surface area contributed by atoms with Gasteiger partial charge in [-0.15, -0.1) is 0 Å². The molecule has 0 bridgehead atoms. The van der Waals surface area contributed by atoms with Crippen molar-refractivity contribution in [3.05, 3.63) is 11.6 Å².